The molecule has 0 aliphatic carbocycles. The quantitative estimate of drug-likeness (QED) is 0.495. The first-order valence-corrected chi connectivity index (χ1v) is 11.3. The molecule has 4 rings (SSSR count). The van der Waals surface area contributed by atoms with Gasteiger partial charge in [0.2, 0.25) is 0 Å². The van der Waals surface area contributed by atoms with Crippen LogP contribution in [0.5, 0.6) is 0 Å². The minimum atomic E-state index is -3.78. The fourth-order valence-corrected chi connectivity index (χ4v) is 5.27. The minimum absolute atomic E-state index is 0. The Bertz CT molecular complexity index is 1130. The first-order valence-electron chi connectivity index (χ1n) is 9.06. The molecule has 0 bridgehead atoms. The normalized spacial score (nSPS) is 15.6. The van der Waals surface area contributed by atoms with Gasteiger partial charge in [0.1, 0.15) is 5.82 Å². The molecule has 3 aromatic rings. The molecular formula is C20H23BrCl2FN3O2S. The van der Waals surface area contributed by atoms with E-state index in [0.29, 0.717) is 17.4 Å². The molecule has 2 heterocycles. The van der Waals surface area contributed by atoms with Crippen molar-refractivity contribution >= 4 is 61.7 Å². The number of hydrogen-bond acceptors (Lipinski definition) is 4. The van der Waals surface area contributed by atoms with Crippen LogP contribution in [-0.2, 0) is 16.6 Å². The molecule has 1 aliphatic heterocycles. The first kappa shape index (κ1) is 25.1. The largest absolute Gasteiger partial charge is 0.304 e. The van der Waals surface area contributed by atoms with E-state index in [1.54, 1.807) is 24.3 Å². The Morgan fingerprint density at radius 3 is 2.40 bits per heavy atom. The van der Waals surface area contributed by atoms with Crippen LogP contribution in [-0.4, -0.2) is 55.4 Å². The third-order valence-corrected chi connectivity index (χ3v) is 7.64. The topological polar surface area (TPSA) is 45.6 Å². The molecule has 1 saturated heterocycles. The first-order chi connectivity index (χ1) is 13.3. The number of hydrogen-bond donors (Lipinski definition) is 0. The van der Waals surface area contributed by atoms with E-state index in [1.807, 2.05) is 0 Å². The molecule has 0 N–H and O–H groups in total. The van der Waals surface area contributed by atoms with E-state index < -0.39 is 10.0 Å². The number of aromatic nitrogens is 1. The van der Waals surface area contributed by atoms with Crippen LogP contribution in [0.25, 0.3) is 10.9 Å². The number of rotatable bonds is 4. The maximum Gasteiger partial charge on any atom is 0.268 e. The molecule has 0 spiro atoms. The van der Waals surface area contributed by atoms with Crippen LogP contribution in [0.2, 0.25) is 0 Å². The number of fused-ring (bicyclic) bond motifs is 1. The molecule has 164 valence electrons. The molecule has 0 radical (unpaired) electrons. The van der Waals surface area contributed by atoms with Crippen molar-refractivity contribution in [2.24, 2.45) is 0 Å². The number of likely N-dealkylation sites (N-methyl/N-ethyl adjacent to an activating group) is 1. The van der Waals surface area contributed by atoms with Gasteiger partial charge in [0.25, 0.3) is 10.0 Å². The Morgan fingerprint density at radius 1 is 1.00 bits per heavy atom. The van der Waals surface area contributed by atoms with Crippen LogP contribution < -0.4 is 0 Å². The second kappa shape index (κ2) is 9.97. The van der Waals surface area contributed by atoms with Gasteiger partial charge in [-0.3, -0.25) is 4.90 Å². The van der Waals surface area contributed by atoms with Gasteiger partial charge < -0.3 is 4.90 Å². The van der Waals surface area contributed by atoms with Crippen molar-refractivity contribution in [3.8, 4) is 0 Å². The molecule has 30 heavy (non-hydrogen) atoms. The van der Waals surface area contributed by atoms with Gasteiger partial charge in [-0.2, -0.15) is 0 Å². The van der Waals surface area contributed by atoms with Crippen molar-refractivity contribution in [1.82, 2.24) is 13.8 Å². The molecule has 0 unspecified atom stereocenters. The lowest BCUT2D eigenvalue weighted by molar-refractivity contribution is 0.148. The third-order valence-electron chi connectivity index (χ3n) is 5.18. The maximum absolute atomic E-state index is 13.4. The Kier molecular flexibility index (Phi) is 8.35. The van der Waals surface area contributed by atoms with Gasteiger partial charge >= 0.3 is 0 Å². The summed E-state index contributed by atoms with van der Waals surface area (Å²) < 4.78 is 42.0. The molecule has 0 amide bonds. The molecule has 2 aromatic carbocycles. The molecular weight excluding hydrogens is 516 g/mol. The van der Waals surface area contributed by atoms with Gasteiger partial charge in [-0.15, -0.1) is 24.8 Å². The molecule has 1 aromatic heterocycles. The van der Waals surface area contributed by atoms with Gasteiger partial charge in [0.15, 0.2) is 0 Å². The van der Waals surface area contributed by atoms with Crippen LogP contribution in [0.4, 0.5) is 4.39 Å². The van der Waals surface area contributed by atoms with Crippen molar-refractivity contribution in [2.75, 3.05) is 33.2 Å². The monoisotopic (exact) mass is 537 g/mol. The van der Waals surface area contributed by atoms with Crippen molar-refractivity contribution in [1.29, 1.82) is 0 Å². The molecule has 0 saturated carbocycles. The van der Waals surface area contributed by atoms with Gasteiger partial charge in [-0.05, 0) is 55.1 Å². The average molecular weight is 539 g/mol. The Morgan fingerprint density at radius 2 is 1.70 bits per heavy atom. The van der Waals surface area contributed by atoms with E-state index >= 15 is 0 Å². The lowest BCUT2D eigenvalue weighted by atomic mass is 10.2. The molecule has 1 aliphatic rings. The van der Waals surface area contributed by atoms with Crippen molar-refractivity contribution in [2.45, 2.75) is 11.4 Å². The highest BCUT2D eigenvalue weighted by atomic mass is 79.9. The fraction of sp³-hybridized carbons (Fsp3) is 0.300. The van der Waals surface area contributed by atoms with Crippen LogP contribution in [0.1, 0.15) is 5.56 Å². The summed E-state index contributed by atoms with van der Waals surface area (Å²) in [5, 5.41) is 0.554. The summed E-state index contributed by atoms with van der Waals surface area (Å²) in [5.41, 5.74) is 1.40. The maximum atomic E-state index is 13.4. The SMILES string of the molecule is CN1CCN(Cc2cc(S(=O)(=O)n3ccc4cc(F)ccc43)ccc2Br)CC1.Cl.Cl. The molecule has 5 nitrogen and oxygen atoms in total. The second-order valence-corrected chi connectivity index (χ2v) is 9.82. The zero-order valence-corrected chi connectivity index (χ0v) is 20.3. The summed E-state index contributed by atoms with van der Waals surface area (Å²) in [5.74, 6) is -0.388. The Hall–Kier alpha value is -1.16. The van der Waals surface area contributed by atoms with Crippen LogP contribution in [0.3, 0.4) is 0 Å². The molecule has 1 fully saturated rings. The number of piperazine rings is 1. The summed E-state index contributed by atoms with van der Waals surface area (Å²) in [4.78, 5) is 4.83. The van der Waals surface area contributed by atoms with Crippen molar-refractivity contribution < 1.29 is 12.8 Å². The van der Waals surface area contributed by atoms with E-state index in [1.165, 1.54) is 28.4 Å². The average Bonchev–Trinajstić information content (AvgIpc) is 3.09. The summed E-state index contributed by atoms with van der Waals surface area (Å²) >= 11 is 3.55. The second-order valence-electron chi connectivity index (χ2n) is 7.15. The number of benzene rings is 2. The van der Waals surface area contributed by atoms with Crippen LogP contribution >= 0.6 is 40.7 Å². The summed E-state index contributed by atoms with van der Waals surface area (Å²) in [6, 6.07) is 10.8. The Balaban J connectivity index is 0.00000160. The summed E-state index contributed by atoms with van der Waals surface area (Å²) in [6.07, 6.45) is 1.47. The fourth-order valence-electron chi connectivity index (χ4n) is 3.49. The van der Waals surface area contributed by atoms with Gasteiger partial charge in [-0.25, -0.2) is 16.8 Å². The highest BCUT2D eigenvalue weighted by molar-refractivity contribution is 9.10. The smallest absolute Gasteiger partial charge is 0.268 e. The minimum Gasteiger partial charge on any atom is -0.304 e. The Labute approximate surface area is 196 Å². The van der Waals surface area contributed by atoms with E-state index in [2.05, 4.69) is 32.8 Å². The standard InChI is InChI=1S/C20H21BrFN3O2S.2ClH/c1-23-8-10-24(11-9-23)14-16-13-18(3-4-19(16)21)28(26,27)25-7-6-15-12-17(22)2-5-20(15)25;;/h2-7,12-13H,8-11,14H2,1H3;2*1H. The summed E-state index contributed by atoms with van der Waals surface area (Å²) in [7, 11) is -1.67. The summed E-state index contributed by atoms with van der Waals surface area (Å²) in [6.45, 7) is 4.60. The van der Waals surface area contributed by atoms with E-state index in [0.717, 1.165) is 36.2 Å². The van der Waals surface area contributed by atoms with Crippen molar-refractivity contribution in [3.63, 3.8) is 0 Å². The number of nitrogens with zero attached hydrogens (tertiary/aromatic N) is 3. The molecule has 0 atom stereocenters. The third kappa shape index (κ3) is 5.00. The van der Waals surface area contributed by atoms with Crippen molar-refractivity contribution in [3.05, 3.63) is 64.5 Å². The number of halogens is 4. The van der Waals surface area contributed by atoms with E-state index in [-0.39, 0.29) is 35.5 Å². The lowest BCUT2D eigenvalue weighted by Gasteiger charge is -2.32. The van der Waals surface area contributed by atoms with Gasteiger partial charge in [-0.1, -0.05) is 15.9 Å². The zero-order valence-electron chi connectivity index (χ0n) is 16.3. The van der Waals surface area contributed by atoms with Gasteiger partial charge in [0.05, 0.1) is 10.4 Å². The highest BCUT2D eigenvalue weighted by Crippen LogP contribution is 2.27. The van der Waals surface area contributed by atoms with Gasteiger partial charge in [0, 0.05) is 48.8 Å². The lowest BCUT2D eigenvalue weighted by Crippen LogP contribution is -2.43. The highest BCUT2D eigenvalue weighted by Gasteiger charge is 2.21. The zero-order chi connectivity index (χ0) is 19.9. The van der Waals surface area contributed by atoms with E-state index in [4.69, 9.17) is 0 Å². The molecule has 10 heteroatoms. The predicted molar refractivity (Wildman–Crippen MR) is 126 cm³/mol. The van der Waals surface area contributed by atoms with E-state index in [9.17, 15) is 12.8 Å². The predicted octanol–water partition coefficient (Wildman–Crippen LogP) is 4.37. The van der Waals surface area contributed by atoms with Crippen LogP contribution in [0.15, 0.2) is 58.0 Å². The van der Waals surface area contributed by atoms with Crippen LogP contribution in [0, 0.1) is 5.82 Å².